The van der Waals surface area contributed by atoms with Gasteiger partial charge in [0.25, 0.3) is 0 Å². The van der Waals surface area contributed by atoms with Crippen LogP contribution in [0.4, 0.5) is 0 Å². The summed E-state index contributed by atoms with van der Waals surface area (Å²) in [5, 5.41) is 0. The minimum atomic E-state index is 0.0931. The third-order valence-electron chi connectivity index (χ3n) is 3.37. The number of Topliss-reactive ketones (excluding diaryl/α,β-unsaturated/α-hetero) is 1. The van der Waals surface area contributed by atoms with Crippen molar-refractivity contribution < 1.29 is 4.79 Å². The Kier molecular flexibility index (Phi) is 9.54. The molecule has 0 saturated carbocycles. The lowest BCUT2D eigenvalue weighted by atomic mass is 10.0. The van der Waals surface area contributed by atoms with E-state index < -0.39 is 0 Å². The molecule has 0 aliphatic heterocycles. The molecule has 130 valence electrons. The molecule has 0 fully saturated rings. The fourth-order valence-corrected chi connectivity index (χ4v) is 2.22. The van der Waals surface area contributed by atoms with Crippen LogP contribution in [-0.2, 0) is 6.42 Å². The van der Waals surface area contributed by atoms with E-state index >= 15 is 0 Å². The van der Waals surface area contributed by atoms with E-state index in [0.29, 0.717) is 6.42 Å². The molecule has 3 rings (SSSR count). The summed E-state index contributed by atoms with van der Waals surface area (Å²) in [6.07, 6.45) is 2.15. The van der Waals surface area contributed by atoms with Gasteiger partial charge in [0, 0.05) is 23.0 Å². The van der Waals surface area contributed by atoms with Crippen molar-refractivity contribution in [3.63, 3.8) is 0 Å². The molecule has 0 radical (unpaired) electrons. The summed E-state index contributed by atoms with van der Waals surface area (Å²) in [5.41, 5.74) is 3.72. The van der Waals surface area contributed by atoms with Crippen molar-refractivity contribution in [1.29, 1.82) is 0 Å². The number of rotatable bonds is 4. The quantitative estimate of drug-likeness (QED) is 0.530. The van der Waals surface area contributed by atoms with Gasteiger partial charge in [-0.05, 0) is 11.6 Å². The first-order valence-corrected chi connectivity index (χ1v) is 8.91. The van der Waals surface area contributed by atoms with Gasteiger partial charge in [0.2, 0.25) is 0 Å². The first-order chi connectivity index (χ1) is 12.3. The molecular formula is C23H27NO. The highest BCUT2D eigenvalue weighted by molar-refractivity contribution is 5.97. The van der Waals surface area contributed by atoms with Crippen molar-refractivity contribution in [2.75, 3.05) is 0 Å². The Morgan fingerprint density at radius 1 is 0.720 bits per heavy atom. The van der Waals surface area contributed by atoms with Gasteiger partial charge in [0.1, 0.15) is 0 Å². The van der Waals surface area contributed by atoms with Gasteiger partial charge in [0.15, 0.2) is 5.78 Å². The number of ketones is 1. The molecule has 0 saturated heterocycles. The van der Waals surface area contributed by atoms with Crippen LogP contribution in [0.3, 0.4) is 0 Å². The lowest BCUT2D eigenvalue weighted by molar-refractivity contribution is 0.0992. The van der Waals surface area contributed by atoms with Gasteiger partial charge in [-0.2, -0.15) is 0 Å². The Hall–Kier alpha value is -2.74. The van der Waals surface area contributed by atoms with Crippen LogP contribution in [0.15, 0.2) is 79.0 Å². The van der Waals surface area contributed by atoms with E-state index in [4.69, 9.17) is 0 Å². The summed E-state index contributed by atoms with van der Waals surface area (Å²) >= 11 is 0. The Bertz CT molecular complexity index is 719. The molecule has 0 unspecified atom stereocenters. The van der Waals surface area contributed by atoms with Crippen molar-refractivity contribution >= 4 is 5.78 Å². The number of hydrogen-bond acceptors (Lipinski definition) is 2. The number of pyridine rings is 1. The topological polar surface area (TPSA) is 30.0 Å². The van der Waals surface area contributed by atoms with Crippen molar-refractivity contribution in [3.05, 3.63) is 90.3 Å². The number of carbonyl (C=O) groups is 1. The Labute approximate surface area is 151 Å². The van der Waals surface area contributed by atoms with Crippen LogP contribution in [0.5, 0.6) is 0 Å². The normalized spacial score (nSPS) is 9.12. The molecule has 0 aliphatic carbocycles. The molecular weight excluding hydrogens is 306 g/mol. The average Bonchev–Trinajstić information content (AvgIpc) is 2.73. The molecule has 0 N–H and O–H groups in total. The fraction of sp³-hybridized carbons (Fsp3) is 0.217. The molecule has 2 heteroatoms. The zero-order valence-corrected chi connectivity index (χ0v) is 15.6. The fourth-order valence-electron chi connectivity index (χ4n) is 2.22. The second kappa shape index (κ2) is 11.7. The summed E-state index contributed by atoms with van der Waals surface area (Å²) in [7, 11) is 0. The van der Waals surface area contributed by atoms with Gasteiger partial charge >= 0.3 is 0 Å². The monoisotopic (exact) mass is 333 g/mol. The maximum absolute atomic E-state index is 12.1. The number of carbonyl (C=O) groups excluding carboxylic acids is 1. The molecule has 1 aromatic heterocycles. The van der Waals surface area contributed by atoms with Gasteiger partial charge in [-0.15, -0.1) is 0 Å². The second-order valence-corrected chi connectivity index (χ2v) is 4.87. The summed E-state index contributed by atoms with van der Waals surface area (Å²) in [4.78, 5) is 16.5. The van der Waals surface area contributed by atoms with E-state index in [2.05, 4.69) is 4.98 Å². The molecule has 2 nitrogen and oxygen atoms in total. The Balaban J connectivity index is 0.000000730. The zero-order valence-electron chi connectivity index (χ0n) is 15.6. The minimum Gasteiger partial charge on any atom is -0.294 e. The van der Waals surface area contributed by atoms with Crippen LogP contribution in [-0.4, -0.2) is 10.8 Å². The maximum atomic E-state index is 12.1. The van der Waals surface area contributed by atoms with Crippen LogP contribution >= 0.6 is 0 Å². The van der Waals surface area contributed by atoms with Gasteiger partial charge in [-0.1, -0.05) is 94.4 Å². The molecule has 0 aliphatic rings. The number of nitrogens with zero attached hydrogens (tertiary/aromatic N) is 1. The summed E-state index contributed by atoms with van der Waals surface area (Å²) in [6.45, 7) is 8.00. The number of hydrogen-bond donors (Lipinski definition) is 0. The second-order valence-electron chi connectivity index (χ2n) is 4.87. The minimum absolute atomic E-state index is 0.0931. The predicted molar refractivity (Wildman–Crippen MR) is 107 cm³/mol. The lowest BCUT2D eigenvalue weighted by Gasteiger charge is -2.04. The van der Waals surface area contributed by atoms with Crippen molar-refractivity contribution in [2.45, 2.75) is 34.1 Å². The van der Waals surface area contributed by atoms with Crippen molar-refractivity contribution in [1.82, 2.24) is 4.98 Å². The molecule has 1 heterocycles. The van der Waals surface area contributed by atoms with E-state index in [9.17, 15) is 4.79 Å². The number of aromatic nitrogens is 1. The highest BCUT2D eigenvalue weighted by Gasteiger charge is 2.07. The first-order valence-electron chi connectivity index (χ1n) is 8.91. The van der Waals surface area contributed by atoms with Crippen LogP contribution in [0.1, 0.15) is 43.7 Å². The lowest BCUT2D eigenvalue weighted by Crippen LogP contribution is -2.04. The molecule has 0 bridgehead atoms. The van der Waals surface area contributed by atoms with E-state index in [1.165, 1.54) is 0 Å². The van der Waals surface area contributed by atoms with E-state index in [1.54, 1.807) is 0 Å². The first kappa shape index (κ1) is 20.3. The third kappa shape index (κ3) is 6.34. The average molecular weight is 333 g/mol. The highest BCUT2D eigenvalue weighted by atomic mass is 16.1. The van der Waals surface area contributed by atoms with Crippen LogP contribution < -0.4 is 0 Å². The Morgan fingerprint density at radius 2 is 1.28 bits per heavy atom. The van der Waals surface area contributed by atoms with E-state index in [-0.39, 0.29) is 5.78 Å². The van der Waals surface area contributed by atoms with Crippen LogP contribution in [0.25, 0.3) is 11.1 Å². The zero-order chi connectivity index (χ0) is 18.5. The van der Waals surface area contributed by atoms with Crippen molar-refractivity contribution in [3.8, 4) is 11.1 Å². The predicted octanol–water partition coefficient (Wildman–Crippen LogP) is 6.23. The molecule has 0 spiro atoms. The van der Waals surface area contributed by atoms with Gasteiger partial charge in [0.05, 0.1) is 6.42 Å². The third-order valence-corrected chi connectivity index (χ3v) is 3.37. The standard InChI is InChI=1S/C19H15NO.2C2H6/c21-19(16-9-5-2-6-10-16)13-18-12-11-17(14-20-18)15-7-3-1-4-8-15;2*1-2/h1-12,14H,13H2;2*1-2H3. The van der Waals surface area contributed by atoms with E-state index in [1.807, 2.05) is 107 Å². The summed E-state index contributed by atoms with van der Waals surface area (Å²) in [5.74, 6) is 0.0931. The van der Waals surface area contributed by atoms with Gasteiger partial charge in [-0.3, -0.25) is 9.78 Å². The molecule has 0 amide bonds. The smallest absolute Gasteiger partial charge is 0.168 e. The molecule has 2 aromatic carbocycles. The summed E-state index contributed by atoms with van der Waals surface area (Å²) in [6, 6.07) is 23.3. The SMILES string of the molecule is CC.CC.O=C(Cc1ccc(-c2ccccc2)cn1)c1ccccc1. The van der Waals surface area contributed by atoms with Gasteiger partial charge < -0.3 is 0 Å². The molecule has 0 atom stereocenters. The van der Waals surface area contributed by atoms with Gasteiger partial charge in [-0.25, -0.2) is 0 Å². The van der Waals surface area contributed by atoms with E-state index in [0.717, 1.165) is 22.4 Å². The van der Waals surface area contributed by atoms with Crippen molar-refractivity contribution in [2.24, 2.45) is 0 Å². The largest absolute Gasteiger partial charge is 0.294 e. The molecule has 25 heavy (non-hydrogen) atoms. The van der Waals surface area contributed by atoms with Crippen LogP contribution in [0, 0.1) is 0 Å². The summed E-state index contributed by atoms with van der Waals surface area (Å²) < 4.78 is 0. The molecule has 3 aromatic rings. The highest BCUT2D eigenvalue weighted by Crippen LogP contribution is 2.18. The maximum Gasteiger partial charge on any atom is 0.168 e. The Morgan fingerprint density at radius 3 is 1.80 bits per heavy atom. The van der Waals surface area contributed by atoms with Crippen LogP contribution in [0.2, 0.25) is 0 Å². The number of benzene rings is 2.